The van der Waals surface area contributed by atoms with E-state index in [0.29, 0.717) is 5.92 Å². The summed E-state index contributed by atoms with van der Waals surface area (Å²) in [6.45, 7) is 6.22. The fourth-order valence-electron chi connectivity index (χ4n) is 1.61. The van der Waals surface area contributed by atoms with Gasteiger partial charge in [-0.1, -0.05) is 36.7 Å². The first-order valence-electron chi connectivity index (χ1n) is 5.55. The van der Waals surface area contributed by atoms with Gasteiger partial charge in [0.25, 0.3) is 0 Å². The number of anilines is 1. The Hall–Kier alpha value is -0.830. The van der Waals surface area contributed by atoms with Crippen molar-refractivity contribution < 1.29 is 4.79 Å². The number of benzene rings is 1. The highest BCUT2D eigenvalue weighted by molar-refractivity contribution is 9.10. The lowest BCUT2D eigenvalue weighted by atomic mass is 9.98. The van der Waals surface area contributed by atoms with E-state index in [2.05, 4.69) is 35.1 Å². The first kappa shape index (κ1) is 13.2. The van der Waals surface area contributed by atoms with Gasteiger partial charge in [0.1, 0.15) is 0 Å². The average molecular weight is 284 g/mol. The van der Waals surface area contributed by atoms with Crippen LogP contribution in [-0.2, 0) is 4.79 Å². The Balaban J connectivity index is 2.54. The summed E-state index contributed by atoms with van der Waals surface area (Å²) in [7, 11) is 0. The van der Waals surface area contributed by atoms with Gasteiger partial charge in [0.15, 0.2) is 0 Å². The molecule has 2 nitrogen and oxygen atoms in total. The minimum atomic E-state index is 0.0589. The van der Waals surface area contributed by atoms with Crippen LogP contribution >= 0.6 is 15.9 Å². The van der Waals surface area contributed by atoms with Crippen LogP contribution in [0.3, 0.4) is 0 Å². The first-order valence-corrected chi connectivity index (χ1v) is 6.34. The van der Waals surface area contributed by atoms with Gasteiger partial charge in [-0.05, 0) is 36.6 Å². The van der Waals surface area contributed by atoms with Crippen molar-refractivity contribution in [2.24, 2.45) is 11.8 Å². The van der Waals surface area contributed by atoms with Crippen LogP contribution in [0, 0.1) is 11.8 Å². The smallest absolute Gasteiger partial charge is 0.227 e. The Bertz CT molecular complexity index is 345. The molecular formula is C13H18BrNO. The van der Waals surface area contributed by atoms with Gasteiger partial charge in [-0.2, -0.15) is 0 Å². The monoisotopic (exact) mass is 283 g/mol. The van der Waals surface area contributed by atoms with E-state index in [1.807, 2.05) is 31.2 Å². The molecule has 0 aliphatic heterocycles. The molecule has 1 rings (SSSR count). The van der Waals surface area contributed by atoms with Gasteiger partial charge < -0.3 is 5.32 Å². The third kappa shape index (κ3) is 4.35. The molecule has 0 fully saturated rings. The third-order valence-corrected chi connectivity index (χ3v) is 2.91. The maximum absolute atomic E-state index is 11.8. The summed E-state index contributed by atoms with van der Waals surface area (Å²) < 4.78 is 1.01. The number of carbonyl (C=O) groups excluding carboxylic acids is 1. The summed E-state index contributed by atoms with van der Waals surface area (Å²) in [5.41, 5.74) is 0.851. The lowest BCUT2D eigenvalue weighted by Crippen LogP contribution is -2.21. The Labute approximate surface area is 106 Å². The third-order valence-electron chi connectivity index (χ3n) is 2.38. The average Bonchev–Trinajstić information content (AvgIpc) is 2.20. The van der Waals surface area contributed by atoms with E-state index in [-0.39, 0.29) is 11.8 Å². The standard InChI is InChI=1S/C13H18BrNO/c1-9(2)8-10(3)13(16)15-12-6-4-11(14)5-7-12/h4-7,9-10H,8H2,1-3H3,(H,15,16). The lowest BCUT2D eigenvalue weighted by molar-refractivity contribution is -0.119. The maximum Gasteiger partial charge on any atom is 0.227 e. The summed E-state index contributed by atoms with van der Waals surface area (Å²) in [5, 5.41) is 2.91. The molecule has 0 radical (unpaired) electrons. The van der Waals surface area contributed by atoms with Crippen molar-refractivity contribution >= 4 is 27.5 Å². The number of amides is 1. The molecule has 1 aromatic carbocycles. The molecule has 0 aliphatic rings. The fourth-order valence-corrected chi connectivity index (χ4v) is 1.88. The zero-order chi connectivity index (χ0) is 12.1. The van der Waals surface area contributed by atoms with Gasteiger partial charge in [0.2, 0.25) is 5.91 Å². The van der Waals surface area contributed by atoms with Crippen molar-refractivity contribution in [3.05, 3.63) is 28.7 Å². The van der Waals surface area contributed by atoms with E-state index in [4.69, 9.17) is 0 Å². The number of rotatable bonds is 4. The Morgan fingerprint density at radius 1 is 1.25 bits per heavy atom. The number of nitrogens with one attached hydrogen (secondary N) is 1. The molecule has 0 bridgehead atoms. The van der Waals surface area contributed by atoms with E-state index in [1.54, 1.807) is 0 Å². The molecule has 0 aromatic heterocycles. The van der Waals surface area contributed by atoms with Gasteiger partial charge in [-0.15, -0.1) is 0 Å². The van der Waals surface area contributed by atoms with Crippen LogP contribution in [0.25, 0.3) is 0 Å². The fraction of sp³-hybridized carbons (Fsp3) is 0.462. The summed E-state index contributed by atoms with van der Waals surface area (Å²) in [6, 6.07) is 7.62. The van der Waals surface area contributed by atoms with Crippen molar-refractivity contribution in [3.8, 4) is 0 Å². The second-order valence-corrected chi connectivity index (χ2v) is 5.44. The van der Waals surface area contributed by atoms with Gasteiger partial charge in [-0.25, -0.2) is 0 Å². The summed E-state index contributed by atoms with van der Waals surface area (Å²) in [4.78, 5) is 11.8. The number of hydrogen-bond donors (Lipinski definition) is 1. The maximum atomic E-state index is 11.8. The van der Waals surface area contributed by atoms with Crippen molar-refractivity contribution in [3.63, 3.8) is 0 Å². The van der Waals surface area contributed by atoms with E-state index >= 15 is 0 Å². The van der Waals surface area contributed by atoms with Gasteiger partial charge in [0, 0.05) is 16.1 Å². The number of halogens is 1. The highest BCUT2D eigenvalue weighted by Crippen LogP contribution is 2.17. The predicted octanol–water partition coefficient (Wildman–Crippen LogP) is 4.07. The molecule has 0 saturated carbocycles. The number of carbonyl (C=O) groups is 1. The van der Waals surface area contributed by atoms with Gasteiger partial charge in [0.05, 0.1) is 0 Å². The molecule has 1 unspecified atom stereocenters. The van der Waals surface area contributed by atoms with Crippen LogP contribution in [0.4, 0.5) is 5.69 Å². The summed E-state index contributed by atoms with van der Waals surface area (Å²) >= 11 is 3.36. The lowest BCUT2D eigenvalue weighted by Gasteiger charge is -2.14. The Kier molecular flexibility index (Phi) is 5.00. The molecule has 0 heterocycles. The van der Waals surface area contributed by atoms with E-state index in [0.717, 1.165) is 16.6 Å². The van der Waals surface area contributed by atoms with Crippen LogP contribution in [0.5, 0.6) is 0 Å². The van der Waals surface area contributed by atoms with Crippen molar-refractivity contribution in [2.75, 3.05) is 5.32 Å². The quantitative estimate of drug-likeness (QED) is 0.887. The Morgan fingerprint density at radius 2 is 1.81 bits per heavy atom. The van der Waals surface area contributed by atoms with Crippen molar-refractivity contribution in [2.45, 2.75) is 27.2 Å². The molecule has 3 heteroatoms. The summed E-state index contributed by atoms with van der Waals surface area (Å²) in [6.07, 6.45) is 0.919. The zero-order valence-corrected chi connectivity index (χ0v) is 11.5. The summed E-state index contributed by atoms with van der Waals surface area (Å²) in [5.74, 6) is 0.699. The predicted molar refractivity (Wildman–Crippen MR) is 71.4 cm³/mol. The van der Waals surface area contributed by atoms with Crippen LogP contribution in [-0.4, -0.2) is 5.91 Å². The molecule has 0 saturated heterocycles. The van der Waals surface area contributed by atoms with Crippen LogP contribution in [0.2, 0.25) is 0 Å². The second-order valence-electron chi connectivity index (χ2n) is 4.53. The minimum Gasteiger partial charge on any atom is -0.326 e. The van der Waals surface area contributed by atoms with E-state index in [1.165, 1.54) is 0 Å². The highest BCUT2D eigenvalue weighted by atomic mass is 79.9. The minimum absolute atomic E-state index is 0.0589. The molecule has 0 aliphatic carbocycles. The van der Waals surface area contributed by atoms with E-state index in [9.17, 15) is 4.79 Å². The molecule has 0 spiro atoms. The van der Waals surface area contributed by atoms with Crippen LogP contribution in [0.15, 0.2) is 28.7 Å². The van der Waals surface area contributed by atoms with Crippen LogP contribution in [0.1, 0.15) is 27.2 Å². The molecule has 88 valence electrons. The van der Waals surface area contributed by atoms with Crippen molar-refractivity contribution in [1.82, 2.24) is 0 Å². The molecule has 1 aromatic rings. The molecular weight excluding hydrogens is 266 g/mol. The van der Waals surface area contributed by atoms with E-state index < -0.39 is 0 Å². The van der Waals surface area contributed by atoms with Crippen LogP contribution < -0.4 is 5.32 Å². The second kappa shape index (κ2) is 6.04. The molecule has 1 amide bonds. The first-order chi connectivity index (χ1) is 7.49. The van der Waals surface area contributed by atoms with Gasteiger partial charge in [-0.3, -0.25) is 4.79 Å². The number of hydrogen-bond acceptors (Lipinski definition) is 1. The molecule has 1 N–H and O–H groups in total. The SMILES string of the molecule is CC(C)CC(C)C(=O)Nc1ccc(Br)cc1. The topological polar surface area (TPSA) is 29.1 Å². The zero-order valence-electron chi connectivity index (χ0n) is 9.96. The normalized spacial score (nSPS) is 12.6. The largest absolute Gasteiger partial charge is 0.326 e. The molecule has 1 atom stereocenters. The van der Waals surface area contributed by atoms with Gasteiger partial charge >= 0.3 is 0 Å². The van der Waals surface area contributed by atoms with Crippen molar-refractivity contribution in [1.29, 1.82) is 0 Å². The Morgan fingerprint density at radius 3 is 2.31 bits per heavy atom. The molecule has 16 heavy (non-hydrogen) atoms. The highest BCUT2D eigenvalue weighted by Gasteiger charge is 2.14.